The lowest BCUT2D eigenvalue weighted by Crippen LogP contribution is -2.40. The zero-order valence-electron chi connectivity index (χ0n) is 22.3. The van der Waals surface area contributed by atoms with Crippen LogP contribution in [0, 0.1) is 6.92 Å². The number of hydrogen-bond donors (Lipinski definition) is 1. The van der Waals surface area contributed by atoms with Gasteiger partial charge in [0, 0.05) is 32.1 Å². The summed E-state index contributed by atoms with van der Waals surface area (Å²) in [6.45, 7) is 3.02. The number of carbonyl (C=O) groups excluding carboxylic acids is 2. The third kappa shape index (κ3) is 6.69. The van der Waals surface area contributed by atoms with Crippen LogP contribution in [0.25, 0.3) is 0 Å². The fourth-order valence-corrected chi connectivity index (χ4v) is 5.79. The number of amides is 2. The van der Waals surface area contributed by atoms with E-state index >= 15 is 0 Å². The third-order valence-corrected chi connectivity index (χ3v) is 8.40. The molecule has 1 aliphatic rings. The Morgan fingerprint density at radius 3 is 2.23 bits per heavy atom. The number of nitrogens with zero attached hydrogens (tertiary/aromatic N) is 2. The lowest BCUT2D eigenvalue weighted by atomic mass is 10.1. The van der Waals surface area contributed by atoms with Crippen molar-refractivity contribution in [3.8, 4) is 11.5 Å². The number of anilines is 1. The van der Waals surface area contributed by atoms with Crippen LogP contribution in [-0.4, -0.2) is 52.4 Å². The molecule has 1 saturated heterocycles. The largest absolute Gasteiger partial charge is 0.493 e. The average molecular weight is 552 g/mol. The van der Waals surface area contributed by atoms with Crippen LogP contribution in [0.2, 0.25) is 0 Å². The Labute approximate surface area is 229 Å². The quantitative estimate of drug-likeness (QED) is 0.390. The molecule has 39 heavy (non-hydrogen) atoms. The summed E-state index contributed by atoms with van der Waals surface area (Å²) >= 11 is 0. The summed E-state index contributed by atoms with van der Waals surface area (Å²) in [4.78, 5) is 26.8. The van der Waals surface area contributed by atoms with Crippen molar-refractivity contribution in [2.24, 2.45) is 0 Å². The second-order valence-corrected chi connectivity index (χ2v) is 11.2. The van der Waals surface area contributed by atoms with Crippen molar-refractivity contribution < 1.29 is 27.5 Å². The number of rotatable bonds is 11. The number of sulfonamides is 1. The highest BCUT2D eigenvalue weighted by Gasteiger charge is 2.28. The molecule has 0 radical (unpaired) electrons. The van der Waals surface area contributed by atoms with E-state index in [2.05, 4.69) is 5.32 Å². The van der Waals surface area contributed by atoms with Crippen LogP contribution in [0.1, 0.15) is 29.5 Å². The van der Waals surface area contributed by atoms with Crippen molar-refractivity contribution in [3.05, 3.63) is 83.4 Å². The third-order valence-electron chi connectivity index (χ3n) is 6.61. The molecule has 0 unspecified atom stereocenters. The van der Waals surface area contributed by atoms with Crippen LogP contribution in [-0.2, 0) is 32.7 Å². The van der Waals surface area contributed by atoms with Gasteiger partial charge in [-0.15, -0.1) is 0 Å². The highest BCUT2D eigenvalue weighted by atomic mass is 32.2. The van der Waals surface area contributed by atoms with Gasteiger partial charge in [-0.2, -0.15) is 0 Å². The molecule has 0 atom stereocenters. The van der Waals surface area contributed by atoms with E-state index in [1.54, 1.807) is 24.3 Å². The Morgan fingerprint density at radius 1 is 0.949 bits per heavy atom. The Hall–Kier alpha value is -4.05. The SMILES string of the molecule is COc1ccc(N(CC(=O)NCc2ccc(CN3CCCC3=O)cc2)S(=O)(=O)c2ccc(C)cc2)cc1OC. The molecule has 3 aromatic rings. The first kappa shape index (κ1) is 28.0. The van der Waals surface area contributed by atoms with Gasteiger partial charge in [0.2, 0.25) is 11.8 Å². The topological polar surface area (TPSA) is 105 Å². The monoisotopic (exact) mass is 551 g/mol. The molecular weight excluding hydrogens is 518 g/mol. The van der Waals surface area contributed by atoms with Gasteiger partial charge in [-0.1, -0.05) is 42.0 Å². The van der Waals surface area contributed by atoms with Gasteiger partial charge in [0.1, 0.15) is 6.54 Å². The zero-order chi connectivity index (χ0) is 28.0. The Morgan fingerprint density at radius 2 is 1.62 bits per heavy atom. The lowest BCUT2D eigenvalue weighted by molar-refractivity contribution is -0.128. The Bertz CT molecular complexity index is 1420. The van der Waals surface area contributed by atoms with Gasteiger partial charge in [-0.25, -0.2) is 8.42 Å². The normalized spacial score (nSPS) is 13.3. The minimum atomic E-state index is -4.07. The maximum Gasteiger partial charge on any atom is 0.264 e. The minimum absolute atomic E-state index is 0.0720. The Kier molecular flexibility index (Phi) is 8.75. The van der Waals surface area contributed by atoms with E-state index in [9.17, 15) is 18.0 Å². The fraction of sp³-hybridized carbons (Fsp3) is 0.310. The smallest absolute Gasteiger partial charge is 0.264 e. The number of hydrogen-bond acceptors (Lipinski definition) is 6. The van der Waals surface area contributed by atoms with Gasteiger partial charge in [0.15, 0.2) is 11.5 Å². The highest BCUT2D eigenvalue weighted by Crippen LogP contribution is 2.33. The van der Waals surface area contributed by atoms with Gasteiger partial charge in [0.25, 0.3) is 10.0 Å². The molecule has 9 nitrogen and oxygen atoms in total. The molecule has 1 heterocycles. The van der Waals surface area contributed by atoms with Crippen molar-refractivity contribution >= 4 is 27.5 Å². The second kappa shape index (κ2) is 12.2. The average Bonchev–Trinajstić information content (AvgIpc) is 3.35. The molecule has 1 fully saturated rings. The van der Waals surface area contributed by atoms with E-state index in [1.807, 2.05) is 36.1 Å². The molecule has 10 heteroatoms. The first-order chi connectivity index (χ1) is 18.7. The van der Waals surface area contributed by atoms with E-state index < -0.39 is 22.5 Å². The van der Waals surface area contributed by atoms with E-state index in [-0.39, 0.29) is 23.0 Å². The number of benzene rings is 3. The van der Waals surface area contributed by atoms with E-state index in [1.165, 1.54) is 32.4 Å². The highest BCUT2D eigenvalue weighted by molar-refractivity contribution is 7.92. The molecule has 0 aliphatic carbocycles. The predicted molar refractivity (Wildman–Crippen MR) is 148 cm³/mol. The number of aryl methyl sites for hydroxylation is 1. The van der Waals surface area contributed by atoms with Crippen LogP contribution in [0.5, 0.6) is 11.5 Å². The summed E-state index contributed by atoms with van der Waals surface area (Å²) in [7, 11) is -1.12. The molecule has 0 saturated carbocycles. The summed E-state index contributed by atoms with van der Waals surface area (Å²) in [6, 6.07) is 18.8. The molecular formula is C29H33N3O6S. The van der Waals surface area contributed by atoms with Gasteiger partial charge in [-0.05, 0) is 48.7 Å². The van der Waals surface area contributed by atoms with Gasteiger partial charge < -0.3 is 19.7 Å². The van der Waals surface area contributed by atoms with E-state index in [4.69, 9.17) is 9.47 Å². The first-order valence-corrected chi connectivity index (χ1v) is 14.1. The van der Waals surface area contributed by atoms with Crippen molar-refractivity contribution in [2.75, 3.05) is 31.6 Å². The maximum absolute atomic E-state index is 13.7. The maximum atomic E-state index is 13.7. The lowest BCUT2D eigenvalue weighted by Gasteiger charge is -2.25. The summed E-state index contributed by atoms with van der Waals surface area (Å²) < 4.78 is 39.0. The zero-order valence-corrected chi connectivity index (χ0v) is 23.2. The first-order valence-electron chi connectivity index (χ1n) is 12.6. The summed E-state index contributed by atoms with van der Waals surface area (Å²) in [6.07, 6.45) is 1.49. The molecule has 1 aliphatic heterocycles. The molecule has 0 spiro atoms. The number of nitrogens with one attached hydrogen (secondary N) is 1. The van der Waals surface area contributed by atoms with Crippen LogP contribution in [0.4, 0.5) is 5.69 Å². The van der Waals surface area contributed by atoms with Crippen molar-refractivity contribution in [1.82, 2.24) is 10.2 Å². The molecule has 206 valence electrons. The van der Waals surface area contributed by atoms with E-state index in [0.717, 1.165) is 34.0 Å². The van der Waals surface area contributed by atoms with Gasteiger partial charge >= 0.3 is 0 Å². The summed E-state index contributed by atoms with van der Waals surface area (Å²) in [5, 5.41) is 2.82. The number of carbonyl (C=O) groups is 2. The number of methoxy groups -OCH3 is 2. The van der Waals surface area contributed by atoms with Crippen molar-refractivity contribution in [1.29, 1.82) is 0 Å². The molecule has 1 N–H and O–H groups in total. The van der Waals surface area contributed by atoms with E-state index in [0.29, 0.717) is 24.5 Å². The summed E-state index contributed by atoms with van der Waals surface area (Å²) in [5.41, 5.74) is 3.06. The van der Waals surface area contributed by atoms with Gasteiger partial charge in [0.05, 0.1) is 24.8 Å². The minimum Gasteiger partial charge on any atom is -0.493 e. The van der Waals surface area contributed by atoms with Crippen LogP contribution in [0.15, 0.2) is 71.6 Å². The van der Waals surface area contributed by atoms with Gasteiger partial charge in [-0.3, -0.25) is 13.9 Å². The van der Waals surface area contributed by atoms with Crippen LogP contribution in [0.3, 0.4) is 0 Å². The van der Waals surface area contributed by atoms with Crippen molar-refractivity contribution in [2.45, 2.75) is 37.8 Å². The Balaban J connectivity index is 1.50. The summed E-state index contributed by atoms with van der Waals surface area (Å²) in [5.74, 6) is 0.490. The second-order valence-electron chi connectivity index (χ2n) is 9.38. The van der Waals surface area contributed by atoms with Crippen LogP contribution >= 0.6 is 0 Å². The number of ether oxygens (including phenoxy) is 2. The molecule has 4 rings (SSSR count). The molecule has 3 aromatic carbocycles. The number of likely N-dealkylation sites (tertiary alicyclic amines) is 1. The van der Waals surface area contributed by atoms with Crippen LogP contribution < -0.4 is 19.1 Å². The molecule has 0 aromatic heterocycles. The fourth-order valence-electron chi connectivity index (χ4n) is 4.37. The molecule has 0 bridgehead atoms. The standard InChI is InChI=1S/C29H33N3O6S/c1-21-6-13-25(14-7-21)39(35,36)32(24-12-15-26(37-2)27(17-24)38-3)20-28(33)30-18-22-8-10-23(11-9-22)19-31-16-4-5-29(31)34/h6-15,17H,4-5,16,18-20H2,1-3H3,(H,30,33). The van der Waals surface area contributed by atoms with Crippen molar-refractivity contribution in [3.63, 3.8) is 0 Å². The molecule has 2 amide bonds. The predicted octanol–water partition coefficient (Wildman–Crippen LogP) is 3.65.